The molecule has 2 saturated carbocycles. The number of ether oxygens (including phenoxy) is 1. The summed E-state index contributed by atoms with van der Waals surface area (Å²) in [5.74, 6) is 0.222. The topological polar surface area (TPSA) is 72.6 Å². The molecular weight excluding hydrogens is 268 g/mol. The summed E-state index contributed by atoms with van der Waals surface area (Å²) in [5, 5.41) is 0. The Hall–Kier alpha value is -1.10. The van der Waals surface area contributed by atoms with Crippen molar-refractivity contribution in [1.29, 1.82) is 0 Å². The summed E-state index contributed by atoms with van der Waals surface area (Å²) in [4.78, 5) is 25.9. The number of amides is 2. The molecule has 0 unspecified atom stereocenters. The number of hydrogen-bond donors (Lipinski definition) is 1. The van der Waals surface area contributed by atoms with Crippen LogP contribution in [0, 0.1) is 11.3 Å². The first-order chi connectivity index (χ1) is 10.1. The van der Waals surface area contributed by atoms with Gasteiger partial charge in [0.05, 0.1) is 12.7 Å². The first-order valence-corrected chi connectivity index (χ1v) is 8.33. The molecule has 2 N–H and O–H groups in total. The summed E-state index contributed by atoms with van der Waals surface area (Å²) in [5.41, 5.74) is 4.52. The number of carbonyl (C=O) groups excluding carboxylic acids is 2. The van der Waals surface area contributed by atoms with Crippen LogP contribution in [0.5, 0.6) is 0 Å². The van der Waals surface area contributed by atoms with Gasteiger partial charge in [0.25, 0.3) is 0 Å². The summed E-state index contributed by atoms with van der Waals surface area (Å²) in [7, 11) is 0. The van der Waals surface area contributed by atoms with E-state index in [0.29, 0.717) is 32.5 Å². The van der Waals surface area contributed by atoms with Crippen molar-refractivity contribution in [2.75, 3.05) is 19.7 Å². The van der Waals surface area contributed by atoms with Crippen LogP contribution >= 0.6 is 0 Å². The van der Waals surface area contributed by atoms with Crippen LogP contribution < -0.4 is 5.73 Å². The normalized spacial score (nSPS) is 29.1. The van der Waals surface area contributed by atoms with Crippen molar-refractivity contribution in [2.24, 2.45) is 17.1 Å². The first-order valence-electron chi connectivity index (χ1n) is 8.33. The summed E-state index contributed by atoms with van der Waals surface area (Å²) >= 11 is 0. The highest BCUT2D eigenvalue weighted by atomic mass is 16.5. The van der Waals surface area contributed by atoms with Gasteiger partial charge in [-0.2, -0.15) is 0 Å². The predicted molar refractivity (Wildman–Crippen MR) is 78.4 cm³/mol. The number of rotatable bonds is 4. The van der Waals surface area contributed by atoms with Gasteiger partial charge < -0.3 is 15.4 Å². The van der Waals surface area contributed by atoms with Crippen LogP contribution in [-0.4, -0.2) is 42.5 Å². The molecule has 0 aromatic heterocycles. The van der Waals surface area contributed by atoms with E-state index in [2.05, 4.69) is 0 Å². The maximum Gasteiger partial charge on any atom is 0.238 e. The third-order valence-corrected chi connectivity index (χ3v) is 5.38. The summed E-state index contributed by atoms with van der Waals surface area (Å²) < 4.78 is 5.84. The number of nitrogens with zero attached hydrogens (tertiary/aromatic N) is 1. The molecule has 3 rings (SSSR count). The van der Waals surface area contributed by atoms with Crippen LogP contribution in [0.2, 0.25) is 0 Å². The zero-order valence-electron chi connectivity index (χ0n) is 12.7. The Labute approximate surface area is 126 Å². The molecule has 1 saturated heterocycles. The molecule has 21 heavy (non-hydrogen) atoms. The van der Waals surface area contributed by atoms with E-state index in [-0.39, 0.29) is 12.0 Å². The molecule has 0 aromatic rings. The summed E-state index contributed by atoms with van der Waals surface area (Å²) in [6.07, 6.45) is 9.00. The highest BCUT2D eigenvalue weighted by Crippen LogP contribution is 2.47. The standard InChI is InChI=1S/C16H26N2O3/c17-14(19)16(6-7-16)15(20)18-8-9-21-13(11-18)10-12-4-2-1-3-5-12/h12-13H,1-11H2,(H2,17,19)/t13-/m1/s1. The summed E-state index contributed by atoms with van der Waals surface area (Å²) in [6, 6.07) is 0. The van der Waals surface area contributed by atoms with Gasteiger partial charge in [-0.05, 0) is 25.2 Å². The molecule has 5 heteroatoms. The van der Waals surface area contributed by atoms with Crippen LogP contribution in [0.4, 0.5) is 0 Å². The van der Waals surface area contributed by atoms with E-state index >= 15 is 0 Å². The molecule has 3 aliphatic rings. The number of carbonyl (C=O) groups is 2. The molecule has 2 aliphatic carbocycles. The Morgan fingerprint density at radius 2 is 1.90 bits per heavy atom. The second-order valence-electron chi connectivity index (χ2n) is 6.93. The van der Waals surface area contributed by atoms with Gasteiger partial charge in [0.1, 0.15) is 5.41 Å². The Kier molecular flexibility index (Phi) is 4.20. The zero-order valence-corrected chi connectivity index (χ0v) is 12.7. The monoisotopic (exact) mass is 294 g/mol. The lowest BCUT2D eigenvalue weighted by Gasteiger charge is -2.36. The fourth-order valence-corrected chi connectivity index (χ4v) is 3.83. The highest BCUT2D eigenvalue weighted by molar-refractivity contribution is 6.07. The lowest BCUT2D eigenvalue weighted by molar-refractivity contribution is -0.149. The van der Waals surface area contributed by atoms with Crippen LogP contribution in [0.15, 0.2) is 0 Å². The fraction of sp³-hybridized carbons (Fsp3) is 0.875. The maximum atomic E-state index is 12.5. The number of nitrogens with two attached hydrogens (primary N) is 1. The van der Waals surface area contributed by atoms with E-state index in [1.165, 1.54) is 32.1 Å². The number of morpholine rings is 1. The van der Waals surface area contributed by atoms with Gasteiger partial charge in [0.2, 0.25) is 11.8 Å². The van der Waals surface area contributed by atoms with Crippen LogP contribution in [0.25, 0.3) is 0 Å². The SMILES string of the molecule is NC(=O)C1(C(=O)N2CCO[C@H](CC3CCCCC3)C2)CC1. The molecule has 0 radical (unpaired) electrons. The van der Waals surface area contributed by atoms with E-state index in [9.17, 15) is 9.59 Å². The first kappa shape index (κ1) is 14.8. The van der Waals surface area contributed by atoms with E-state index < -0.39 is 11.3 Å². The van der Waals surface area contributed by atoms with Crippen LogP contribution in [0.1, 0.15) is 51.4 Å². The Bertz CT molecular complexity index is 414. The lowest BCUT2D eigenvalue weighted by Crippen LogP contribution is -2.51. The van der Waals surface area contributed by atoms with Crippen LogP contribution in [-0.2, 0) is 14.3 Å². The molecule has 1 aliphatic heterocycles. The smallest absolute Gasteiger partial charge is 0.238 e. The van der Waals surface area contributed by atoms with E-state index in [4.69, 9.17) is 10.5 Å². The van der Waals surface area contributed by atoms with Gasteiger partial charge in [-0.1, -0.05) is 32.1 Å². The fourth-order valence-electron chi connectivity index (χ4n) is 3.83. The van der Waals surface area contributed by atoms with Gasteiger partial charge in [-0.3, -0.25) is 9.59 Å². The van der Waals surface area contributed by atoms with Crippen molar-refractivity contribution < 1.29 is 14.3 Å². The third kappa shape index (κ3) is 3.07. The Balaban J connectivity index is 1.55. The number of primary amides is 1. The molecule has 0 aromatic carbocycles. The summed E-state index contributed by atoms with van der Waals surface area (Å²) in [6.45, 7) is 1.80. The third-order valence-electron chi connectivity index (χ3n) is 5.38. The van der Waals surface area contributed by atoms with E-state index in [1.807, 2.05) is 4.90 Å². The molecule has 1 atom stereocenters. The van der Waals surface area contributed by atoms with Crippen molar-refractivity contribution in [1.82, 2.24) is 4.90 Å². The minimum Gasteiger partial charge on any atom is -0.375 e. The second-order valence-corrected chi connectivity index (χ2v) is 6.93. The van der Waals surface area contributed by atoms with Crippen LogP contribution in [0.3, 0.4) is 0 Å². The van der Waals surface area contributed by atoms with Gasteiger partial charge in [0.15, 0.2) is 0 Å². The van der Waals surface area contributed by atoms with Crippen molar-refractivity contribution in [2.45, 2.75) is 57.5 Å². The molecular formula is C16H26N2O3. The minimum atomic E-state index is -0.882. The molecule has 2 amide bonds. The van der Waals surface area contributed by atoms with Crippen molar-refractivity contribution in [3.63, 3.8) is 0 Å². The quantitative estimate of drug-likeness (QED) is 0.798. The largest absolute Gasteiger partial charge is 0.375 e. The van der Waals surface area contributed by atoms with E-state index in [0.717, 1.165) is 12.3 Å². The lowest BCUT2D eigenvalue weighted by atomic mass is 9.85. The second kappa shape index (κ2) is 5.95. The zero-order chi connectivity index (χ0) is 14.9. The molecule has 3 fully saturated rings. The Morgan fingerprint density at radius 1 is 1.19 bits per heavy atom. The van der Waals surface area contributed by atoms with Gasteiger partial charge >= 0.3 is 0 Å². The minimum absolute atomic E-state index is 0.0630. The molecule has 0 bridgehead atoms. The Morgan fingerprint density at radius 3 is 2.52 bits per heavy atom. The predicted octanol–water partition coefficient (Wildman–Crippen LogP) is 1.45. The van der Waals surface area contributed by atoms with Gasteiger partial charge in [0, 0.05) is 13.1 Å². The molecule has 118 valence electrons. The van der Waals surface area contributed by atoms with Crippen molar-refractivity contribution >= 4 is 11.8 Å². The highest BCUT2D eigenvalue weighted by Gasteiger charge is 2.57. The average molecular weight is 294 g/mol. The van der Waals surface area contributed by atoms with Crippen molar-refractivity contribution in [3.05, 3.63) is 0 Å². The maximum absolute atomic E-state index is 12.5. The van der Waals surface area contributed by atoms with Gasteiger partial charge in [-0.25, -0.2) is 0 Å². The van der Waals surface area contributed by atoms with Crippen molar-refractivity contribution in [3.8, 4) is 0 Å². The molecule has 0 spiro atoms. The van der Waals surface area contributed by atoms with Gasteiger partial charge in [-0.15, -0.1) is 0 Å². The number of hydrogen-bond acceptors (Lipinski definition) is 3. The molecule has 1 heterocycles. The van der Waals surface area contributed by atoms with E-state index in [1.54, 1.807) is 0 Å². The average Bonchev–Trinajstić information content (AvgIpc) is 3.29. The molecule has 5 nitrogen and oxygen atoms in total.